The Hall–Kier alpha value is 0.270. The number of rotatable bonds is 3. The molecular weight excluding hydrogens is 146 g/mol. The first-order valence-corrected chi connectivity index (χ1v) is 4.37. The molecule has 60 valence electrons. The minimum atomic E-state index is 0.244. The van der Waals surface area contributed by atoms with Crippen LogP contribution in [0.25, 0.3) is 0 Å². The lowest BCUT2D eigenvalue weighted by atomic mass is 10.2. The summed E-state index contributed by atoms with van der Waals surface area (Å²) in [7, 11) is 0. The molecule has 2 unspecified atom stereocenters. The third kappa shape index (κ3) is 2.48. The van der Waals surface area contributed by atoms with Crippen molar-refractivity contribution in [2.75, 3.05) is 13.2 Å². The van der Waals surface area contributed by atoms with Gasteiger partial charge in [0.1, 0.15) is 0 Å². The summed E-state index contributed by atoms with van der Waals surface area (Å²) >= 11 is 4.37. The molecule has 3 heteroatoms. The van der Waals surface area contributed by atoms with Crippen LogP contribution in [0.2, 0.25) is 0 Å². The average Bonchev–Trinajstić information content (AvgIpc) is 2.31. The molecule has 0 radical (unpaired) electrons. The number of thiol groups is 1. The third-order valence-corrected chi connectivity index (χ3v) is 2.42. The van der Waals surface area contributed by atoms with Gasteiger partial charge in [-0.2, -0.15) is 12.6 Å². The summed E-state index contributed by atoms with van der Waals surface area (Å²) in [5.74, 6) is 0. The number of nitrogens with one attached hydrogen (secondary N) is 1. The molecule has 0 saturated heterocycles. The summed E-state index contributed by atoms with van der Waals surface area (Å²) in [6, 6.07) is 0.606. The van der Waals surface area contributed by atoms with Crippen LogP contribution < -0.4 is 5.32 Å². The van der Waals surface area contributed by atoms with E-state index in [0.717, 1.165) is 13.0 Å². The Kier molecular flexibility index (Phi) is 3.52. The van der Waals surface area contributed by atoms with Crippen LogP contribution >= 0.6 is 12.6 Å². The SMILES string of the molecule is OCCNC1CCC(S)C1. The van der Waals surface area contributed by atoms with Crippen molar-refractivity contribution in [1.82, 2.24) is 5.32 Å². The average molecular weight is 161 g/mol. The van der Waals surface area contributed by atoms with Crippen LogP contribution in [-0.2, 0) is 0 Å². The van der Waals surface area contributed by atoms with Crippen LogP contribution in [0.1, 0.15) is 19.3 Å². The highest BCUT2D eigenvalue weighted by Crippen LogP contribution is 2.22. The molecule has 0 aliphatic heterocycles. The van der Waals surface area contributed by atoms with E-state index >= 15 is 0 Å². The maximum absolute atomic E-state index is 8.51. The van der Waals surface area contributed by atoms with Gasteiger partial charge in [0.15, 0.2) is 0 Å². The first-order valence-electron chi connectivity index (χ1n) is 3.85. The molecule has 1 aliphatic carbocycles. The van der Waals surface area contributed by atoms with Crippen molar-refractivity contribution in [2.24, 2.45) is 0 Å². The molecule has 1 saturated carbocycles. The Morgan fingerprint density at radius 2 is 2.30 bits per heavy atom. The fourth-order valence-electron chi connectivity index (χ4n) is 1.41. The van der Waals surface area contributed by atoms with E-state index < -0.39 is 0 Å². The topological polar surface area (TPSA) is 32.3 Å². The Morgan fingerprint density at radius 1 is 1.50 bits per heavy atom. The fourth-order valence-corrected chi connectivity index (χ4v) is 1.82. The summed E-state index contributed by atoms with van der Waals surface area (Å²) in [6.07, 6.45) is 3.59. The van der Waals surface area contributed by atoms with Crippen LogP contribution in [0.4, 0.5) is 0 Å². The number of aliphatic hydroxyl groups excluding tert-OH is 1. The predicted molar refractivity (Wildman–Crippen MR) is 45.5 cm³/mol. The van der Waals surface area contributed by atoms with Crippen molar-refractivity contribution in [3.63, 3.8) is 0 Å². The highest BCUT2D eigenvalue weighted by Gasteiger charge is 2.20. The third-order valence-electron chi connectivity index (χ3n) is 1.95. The Labute approximate surface area is 67.4 Å². The van der Waals surface area contributed by atoms with Crippen molar-refractivity contribution < 1.29 is 5.11 Å². The van der Waals surface area contributed by atoms with Gasteiger partial charge in [-0.1, -0.05) is 0 Å². The molecule has 0 bridgehead atoms. The van der Waals surface area contributed by atoms with Crippen molar-refractivity contribution in [1.29, 1.82) is 0 Å². The molecule has 10 heavy (non-hydrogen) atoms. The molecule has 0 heterocycles. The van der Waals surface area contributed by atoms with Gasteiger partial charge in [-0.3, -0.25) is 0 Å². The van der Waals surface area contributed by atoms with Gasteiger partial charge in [0.2, 0.25) is 0 Å². The summed E-state index contributed by atoms with van der Waals surface area (Å²) in [5, 5.41) is 12.4. The number of hydrogen-bond acceptors (Lipinski definition) is 3. The zero-order chi connectivity index (χ0) is 7.40. The van der Waals surface area contributed by atoms with Crippen LogP contribution in [0.5, 0.6) is 0 Å². The van der Waals surface area contributed by atoms with Gasteiger partial charge in [-0.15, -0.1) is 0 Å². The van der Waals surface area contributed by atoms with Gasteiger partial charge >= 0.3 is 0 Å². The summed E-state index contributed by atoms with van der Waals surface area (Å²) in [4.78, 5) is 0. The predicted octanol–water partition coefficient (Wildman–Crippen LogP) is 0.419. The van der Waals surface area contributed by atoms with Gasteiger partial charge in [-0.25, -0.2) is 0 Å². The van der Waals surface area contributed by atoms with Crippen molar-refractivity contribution >= 4 is 12.6 Å². The van der Waals surface area contributed by atoms with Gasteiger partial charge in [0.25, 0.3) is 0 Å². The molecule has 1 aliphatic rings. The van der Waals surface area contributed by atoms with E-state index in [9.17, 15) is 0 Å². The maximum atomic E-state index is 8.51. The second-order valence-electron chi connectivity index (χ2n) is 2.84. The van der Waals surface area contributed by atoms with E-state index in [-0.39, 0.29) is 6.61 Å². The zero-order valence-electron chi connectivity index (χ0n) is 6.08. The molecule has 1 rings (SSSR count). The largest absolute Gasteiger partial charge is 0.395 e. The summed E-state index contributed by atoms with van der Waals surface area (Å²) < 4.78 is 0. The van der Waals surface area contributed by atoms with Gasteiger partial charge in [0, 0.05) is 17.8 Å². The first kappa shape index (κ1) is 8.37. The monoisotopic (exact) mass is 161 g/mol. The van der Waals surface area contributed by atoms with Gasteiger partial charge < -0.3 is 10.4 Å². The molecule has 0 aromatic heterocycles. The van der Waals surface area contributed by atoms with E-state index in [4.69, 9.17) is 5.11 Å². The molecule has 2 nitrogen and oxygen atoms in total. The zero-order valence-corrected chi connectivity index (χ0v) is 6.98. The Morgan fingerprint density at radius 3 is 2.80 bits per heavy atom. The van der Waals surface area contributed by atoms with E-state index in [0.29, 0.717) is 11.3 Å². The lowest BCUT2D eigenvalue weighted by Gasteiger charge is -2.09. The van der Waals surface area contributed by atoms with Crippen LogP contribution in [0.15, 0.2) is 0 Å². The van der Waals surface area contributed by atoms with E-state index in [1.165, 1.54) is 12.8 Å². The quantitative estimate of drug-likeness (QED) is 0.524. The number of aliphatic hydroxyl groups is 1. The maximum Gasteiger partial charge on any atom is 0.0556 e. The molecular formula is C7H15NOS. The standard InChI is InChI=1S/C7H15NOS/c9-4-3-8-6-1-2-7(10)5-6/h6-10H,1-5H2. The molecule has 2 N–H and O–H groups in total. The smallest absolute Gasteiger partial charge is 0.0556 e. The summed E-state index contributed by atoms with van der Waals surface area (Å²) in [5.41, 5.74) is 0. The van der Waals surface area contributed by atoms with E-state index in [1.807, 2.05) is 0 Å². The molecule has 0 aromatic rings. The highest BCUT2D eigenvalue weighted by atomic mass is 32.1. The van der Waals surface area contributed by atoms with Crippen LogP contribution in [-0.4, -0.2) is 29.5 Å². The van der Waals surface area contributed by atoms with Gasteiger partial charge in [0.05, 0.1) is 6.61 Å². The highest BCUT2D eigenvalue weighted by molar-refractivity contribution is 7.80. The molecule has 2 atom stereocenters. The van der Waals surface area contributed by atoms with Crippen molar-refractivity contribution in [3.05, 3.63) is 0 Å². The summed E-state index contributed by atoms with van der Waals surface area (Å²) in [6.45, 7) is 0.971. The van der Waals surface area contributed by atoms with Crippen molar-refractivity contribution in [2.45, 2.75) is 30.6 Å². The number of hydrogen-bond donors (Lipinski definition) is 3. The van der Waals surface area contributed by atoms with Crippen molar-refractivity contribution in [3.8, 4) is 0 Å². The molecule has 1 fully saturated rings. The Bertz CT molecular complexity index is 99.6. The fraction of sp³-hybridized carbons (Fsp3) is 1.00. The molecule has 0 amide bonds. The second-order valence-corrected chi connectivity index (χ2v) is 3.57. The Balaban J connectivity index is 2.06. The molecule has 0 aromatic carbocycles. The minimum Gasteiger partial charge on any atom is -0.395 e. The molecule has 0 spiro atoms. The first-order chi connectivity index (χ1) is 4.83. The van der Waals surface area contributed by atoms with Crippen LogP contribution in [0, 0.1) is 0 Å². The van der Waals surface area contributed by atoms with E-state index in [1.54, 1.807) is 0 Å². The van der Waals surface area contributed by atoms with Crippen LogP contribution in [0.3, 0.4) is 0 Å². The lowest BCUT2D eigenvalue weighted by Crippen LogP contribution is -2.29. The van der Waals surface area contributed by atoms with E-state index in [2.05, 4.69) is 17.9 Å². The second kappa shape index (κ2) is 4.21. The normalized spacial score (nSPS) is 33.0. The lowest BCUT2D eigenvalue weighted by molar-refractivity contribution is 0.284. The minimum absolute atomic E-state index is 0.244. The van der Waals surface area contributed by atoms with Gasteiger partial charge in [-0.05, 0) is 19.3 Å².